The van der Waals surface area contributed by atoms with E-state index in [9.17, 15) is 8.42 Å². The normalized spacial score (nSPS) is 14.7. The molecule has 194 valence electrons. The highest BCUT2D eigenvalue weighted by molar-refractivity contribution is 7.90. The van der Waals surface area contributed by atoms with E-state index in [1.165, 1.54) is 3.97 Å². The summed E-state index contributed by atoms with van der Waals surface area (Å²) >= 11 is 0. The van der Waals surface area contributed by atoms with Crippen molar-refractivity contribution in [2.75, 3.05) is 20.2 Å². The second-order valence-electron chi connectivity index (χ2n) is 9.50. The van der Waals surface area contributed by atoms with E-state index in [1.54, 1.807) is 56.0 Å². The Balaban J connectivity index is 1.49. The molecule has 5 aromatic rings. The highest BCUT2D eigenvalue weighted by Crippen LogP contribution is 2.35. The van der Waals surface area contributed by atoms with Crippen molar-refractivity contribution < 1.29 is 13.2 Å². The number of benzene rings is 1. The predicted molar refractivity (Wildman–Crippen MR) is 146 cm³/mol. The van der Waals surface area contributed by atoms with Crippen molar-refractivity contribution in [1.82, 2.24) is 29.0 Å². The van der Waals surface area contributed by atoms with Crippen molar-refractivity contribution in [2.24, 2.45) is 0 Å². The molecule has 5 heterocycles. The lowest BCUT2D eigenvalue weighted by molar-refractivity contribution is 0.343. The van der Waals surface area contributed by atoms with Crippen LogP contribution < -0.4 is 10.1 Å². The van der Waals surface area contributed by atoms with Gasteiger partial charge in [-0.1, -0.05) is 17.7 Å². The first-order valence-electron chi connectivity index (χ1n) is 12.5. The van der Waals surface area contributed by atoms with Gasteiger partial charge >= 0.3 is 0 Å². The van der Waals surface area contributed by atoms with Gasteiger partial charge in [0.1, 0.15) is 0 Å². The van der Waals surface area contributed by atoms with E-state index in [0.717, 1.165) is 48.3 Å². The molecule has 6 rings (SSSR count). The van der Waals surface area contributed by atoms with Gasteiger partial charge in [0.2, 0.25) is 5.88 Å². The van der Waals surface area contributed by atoms with Gasteiger partial charge in [-0.15, -0.1) is 0 Å². The summed E-state index contributed by atoms with van der Waals surface area (Å²) in [6.45, 7) is 3.89. The number of nitrogens with zero attached hydrogens (tertiary/aromatic N) is 5. The van der Waals surface area contributed by atoms with E-state index in [4.69, 9.17) is 9.84 Å². The molecule has 0 atom stereocenters. The lowest BCUT2D eigenvalue weighted by Crippen LogP contribution is -2.29. The number of pyridine rings is 2. The number of rotatable bonds is 6. The third-order valence-corrected chi connectivity index (χ3v) is 8.70. The topological polar surface area (TPSA) is 104 Å². The number of hydrogen-bond acceptors (Lipinski definition) is 7. The van der Waals surface area contributed by atoms with Gasteiger partial charge in [-0.2, -0.15) is 5.10 Å². The van der Waals surface area contributed by atoms with Crippen LogP contribution in [-0.2, 0) is 10.0 Å². The van der Waals surface area contributed by atoms with Crippen molar-refractivity contribution >= 4 is 21.1 Å². The predicted octanol–water partition coefficient (Wildman–Crippen LogP) is 4.44. The Labute approximate surface area is 221 Å². The largest absolute Gasteiger partial charge is 0.481 e. The molecule has 9 nitrogen and oxygen atoms in total. The summed E-state index contributed by atoms with van der Waals surface area (Å²) in [7, 11) is -2.33. The fraction of sp³-hybridized carbons (Fsp3) is 0.250. The monoisotopic (exact) mass is 528 g/mol. The number of piperidine rings is 1. The molecule has 0 unspecified atom stereocenters. The Hall–Kier alpha value is -4.02. The molecule has 0 bridgehead atoms. The third-order valence-electron chi connectivity index (χ3n) is 7.03. The maximum absolute atomic E-state index is 13.7. The maximum Gasteiger partial charge on any atom is 0.269 e. The molecular formula is C28H28N6O3S. The van der Waals surface area contributed by atoms with Crippen LogP contribution in [0.5, 0.6) is 5.88 Å². The average Bonchev–Trinajstić information content (AvgIpc) is 3.60. The van der Waals surface area contributed by atoms with E-state index >= 15 is 0 Å². The molecule has 0 saturated carbocycles. The van der Waals surface area contributed by atoms with Crippen LogP contribution in [0.3, 0.4) is 0 Å². The van der Waals surface area contributed by atoms with E-state index < -0.39 is 10.0 Å². The zero-order chi connectivity index (χ0) is 26.3. The Morgan fingerprint density at radius 3 is 2.45 bits per heavy atom. The first-order chi connectivity index (χ1) is 18.4. The molecule has 1 aromatic carbocycles. The van der Waals surface area contributed by atoms with Crippen LogP contribution in [0.2, 0.25) is 0 Å². The van der Waals surface area contributed by atoms with Crippen LogP contribution in [0.25, 0.3) is 33.4 Å². The van der Waals surface area contributed by atoms with Crippen molar-refractivity contribution in [1.29, 1.82) is 0 Å². The summed E-state index contributed by atoms with van der Waals surface area (Å²) in [5.74, 6) is 0.479. The van der Waals surface area contributed by atoms with Gasteiger partial charge in [-0.25, -0.2) is 22.4 Å². The molecule has 0 aliphatic carbocycles. The number of hydrogen-bond donors (Lipinski definition) is 1. The SMILES string of the molecule is COc1ccc(-c2cn(S(=O)(=O)c3ccc(C)cc3)c3ncc(-c4ccn(C5CCNCC5)n4)cc23)cn1. The van der Waals surface area contributed by atoms with Crippen molar-refractivity contribution in [3.05, 3.63) is 78.9 Å². The molecule has 10 heteroatoms. The summed E-state index contributed by atoms with van der Waals surface area (Å²) in [5, 5.41) is 8.92. The van der Waals surface area contributed by atoms with Gasteiger partial charge in [0, 0.05) is 52.9 Å². The van der Waals surface area contributed by atoms with E-state index in [0.29, 0.717) is 28.5 Å². The van der Waals surface area contributed by atoms with Gasteiger partial charge < -0.3 is 10.1 Å². The highest BCUT2D eigenvalue weighted by Gasteiger charge is 2.24. The second-order valence-corrected chi connectivity index (χ2v) is 11.3. The number of aryl methyl sites for hydroxylation is 1. The van der Waals surface area contributed by atoms with Crippen molar-refractivity contribution in [2.45, 2.75) is 30.7 Å². The summed E-state index contributed by atoms with van der Waals surface area (Å²) in [4.78, 5) is 9.18. The number of nitrogens with one attached hydrogen (secondary N) is 1. The molecule has 1 aliphatic heterocycles. The Bertz CT molecular complexity index is 1700. The van der Waals surface area contributed by atoms with E-state index in [-0.39, 0.29) is 4.90 Å². The van der Waals surface area contributed by atoms with Gasteiger partial charge in [0.25, 0.3) is 10.0 Å². The van der Waals surface area contributed by atoms with Crippen LogP contribution in [0.15, 0.2) is 78.2 Å². The summed E-state index contributed by atoms with van der Waals surface area (Å²) in [5.41, 5.74) is 4.41. The molecule has 1 saturated heterocycles. The minimum atomic E-state index is -3.89. The van der Waals surface area contributed by atoms with Gasteiger partial charge in [-0.05, 0) is 63.2 Å². The molecule has 0 spiro atoms. The Kier molecular flexibility index (Phi) is 6.21. The first kappa shape index (κ1) is 24.3. The Morgan fingerprint density at radius 2 is 1.74 bits per heavy atom. The minimum absolute atomic E-state index is 0.200. The number of ether oxygens (including phenoxy) is 1. The molecule has 1 aliphatic rings. The van der Waals surface area contributed by atoms with Gasteiger partial charge in [0.05, 0.1) is 23.7 Å². The summed E-state index contributed by atoms with van der Waals surface area (Å²) in [6.07, 6.45) is 9.06. The number of aromatic nitrogens is 5. The minimum Gasteiger partial charge on any atom is -0.481 e. The second kappa shape index (κ2) is 9.70. The Morgan fingerprint density at radius 1 is 0.974 bits per heavy atom. The van der Waals surface area contributed by atoms with Crippen LogP contribution in [0, 0.1) is 6.92 Å². The molecule has 0 radical (unpaired) electrons. The molecule has 1 fully saturated rings. The standard InChI is InChI=1S/C28H28N6O3S/c1-19-3-6-23(7-4-19)38(35,36)34-18-25(20-5-8-27(37-2)30-16-20)24-15-21(17-31-28(24)34)26-11-14-33(32-26)22-9-12-29-13-10-22/h3-8,11,14-18,22,29H,9-10,12-13H2,1-2H3. The third kappa shape index (κ3) is 4.35. The van der Waals surface area contributed by atoms with Crippen LogP contribution in [-0.4, -0.2) is 52.3 Å². The van der Waals surface area contributed by atoms with Crippen molar-refractivity contribution in [3.8, 4) is 28.3 Å². The fourth-order valence-electron chi connectivity index (χ4n) is 4.88. The molecule has 38 heavy (non-hydrogen) atoms. The van der Waals surface area contributed by atoms with Crippen molar-refractivity contribution in [3.63, 3.8) is 0 Å². The van der Waals surface area contributed by atoms with Crippen LogP contribution in [0.1, 0.15) is 24.4 Å². The van der Waals surface area contributed by atoms with E-state index in [1.807, 2.05) is 36.0 Å². The number of fused-ring (bicyclic) bond motifs is 1. The fourth-order valence-corrected chi connectivity index (χ4v) is 6.21. The zero-order valence-electron chi connectivity index (χ0n) is 21.2. The lowest BCUT2D eigenvalue weighted by Gasteiger charge is -2.22. The first-order valence-corrected chi connectivity index (χ1v) is 14.0. The average molecular weight is 529 g/mol. The molecule has 0 amide bonds. The smallest absolute Gasteiger partial charge is 0.269 e. The zero-order valence-corrected chi connectivity index (χ0v) is 22.0. The quantitative estimate of drug-likeness (QED) is 0.347. The van der Waals surface area contributed by atoms with Gasteiger partial charge in [0.15, 0.2) is 5.65 Å². The lowest BCUT2D eigenvalue weighted by atomic mass is 10.1. The molecule has 4 aromatic heterocycles. The summed E-state index contributed by atoms with van der Waals surface area (Å²) in [6, 6.07) is 14.7. The number of methoxy groups -OCH3 is 1. The maximum atomic E-state index is 13.7. The van der Waals surface area contributed by atoms with Crippen LogP contribution >= 0.6 is 0 Å². The van der Waals surface area contributed by atoms with E-state index in [2.05, 4.69) is 15.3 Å². The van der Waals surface area contributed by atoms with Gasteiger partial charge in [-0.3, -0.25) is 4.68 Å². The molecular weight excluding hydrogens is 500 g/mol. The van der Waals surface area contributed by atoms with Crippen LogP contribution in [0.4, 0.5) is 0 Å². The molecule has 1 N–H and O–H groups in total. The summed E-state index contributed by atoms with van der Waals surface area (Å²) < 4.78 is 35.9. The highest BCUT2D eigenvalue weighted by atomic mass is 32.2.